The van der Waals surface area contributed by atoms with E-state index in [0.29, 0.717) is 17.6 Å². The Labute approximate surface area is 73.1 Å². The number of piperidine rings is 1. The molecule has 0 spiro atoms. The number of ketones is 1. The van der Waals surface area contributed by atoms with Gasteiger partial charge in [-0.2, -0.15) is 0 Å². The summed E-state index contributed by atoms with van der Waals surface area (Å²) in [6.07, 6.45) is 2.96. The van der Waals surface area contributed by atoms with E-state index in [1.165, 1.54) is 6.42 Å². The fourth-order valence-electron chi connectivity index (χ4n) is 2.17. The molecule has 2 aliphatic rings. The van der Waals surface area contributed by atoms with Gasteiger partial charge >= 0.3 is 0 Å². The van der Waals surface area contributed by atoms with Crippen molar-refractivity contribution in [1.29, 1.82) is 0 Å². The number of halogens is 1. The zero-order valence-corrected chi connectivity index (χ0v) is 7.32. The maximum Gasteiger partial charge on any atom is 0.133 e. The quantitative estimate of drug-likeness (QED) is 0.595. The molecule has 0 aromatic heterocycles. The van der Waals surface area contributed by atoms with Crippen molar-refractivity contribution in [1.82, 2.24) is 5.32 Å². The molecule has 64 valence electrons. The first-order chi connectivity index (χ1) is 4.84. The molecule has 0 aromatic rings. The van der Waals surface area contributed by atoms with Gasteiger partial charge in [-0.3, -0.25) is 4.79 Å². The Morgan fingerprint density at radius 2 is 1.73 bits per heavy atom. The molecule has 1 aliphatic heterocycles. The molecule has 3 heteroatoms. The largest absolute Gasteiger partial charge is 0.316 e. The van der Waals surface area contributed by atoms with Gasteiger partial charge in [0.15, 0.2) is 0 Å². The first kappa shape index (κ1) is 9.01. The van der Waals surface area contributed by atoms with E-state index in [4.69, 9.17) is 0 Å². The lowest BCUT2D eigenvalue weighted by atomic mass is 9.78. The summed E-state index contributed by atoms with van der Waals surface area (Å²) in [6.45, 7) is 2.14. The summed E-state index contributed by atoms with van der Waals surface area (Å²) in [5.41, 5.74) is 0. The van der Waals surface area contributed by atoms with Gasteiger partial charge in [0, 0.05) is 12.8 Å². The van der Waals surface area contributed by atoms with Crippen molar-refractivity contribution < 1.29 is 4.79 Å². The van der Waals surface area contributed by atoms with Crippen LogP contribution in [-0.4, -0.2) is 18.9 Å². The molecule has 0 amide bonds. The zero-order chi connectivity index (χ0) is 6.97. The van der Waals surface area contributed by atoms with Crippen LogP contribution in [0, 0.1) is 11.8 Å². The molecule has 0 aromatic carbocycles. The summed E-state index contributed by atoms with van der Waals surface area (Å²) in [4.78, 5) is 11.0. The fourth-order valence-corrected chi connectivity index (χ4v) is 2.17. The number of nitrogens with one attached hydrogen (secondary N) is 1. The normalized spacial score (nSPS) is 36.2. The van der Waals surface area contributed by atoms with E-state index in [1.807, 2.05) is 0 Å². The molecule has 2 rings (SSSR count). The van der Waals surface area contributed by atoms with Crippen LogP contribution in [0.25, 0.3) is 0 Å². The Hall–Kier alpha value is -0.0800. The van der Waals surface area contributed by atoms with E-state index in [1.54, 1.807) is 0 Å². The summed E-state index contributed by atoms with van der Waals surface area (Å²) in [5, 5.41) is 3.36. The van der Waals surface area contributed by atoms with Crippen LogP contribution in [0.3, 0.4) is 0 Å². The van der Waals surface area contributed by atoms with Crippen LogP contribution in [0.2, 0.25) is 0 Å². The van der Waals surface area contributed by atoms with Gasteiger partial charge in [0.05, 0.1) is 0 Å². The minimum atomic E-state index is 0. The first-order valence-electron chi connectivity index (χ1n) is 4.07. The highest BCUT2D eigenvalue weighted by atomic mass is 35.5. The molecule has 1 aliphatic carbocycles. The average Bonchev–Trinajstić information content (AvgIpc) is 1.85. The van der Waals surface area contributed by atoms with Crippen LogP contribution in [0.1, 0.15) is 19.3 Å². The third kappa shape index (κ3) is 1.94. The minimum absolute atomic E-state index is 0. The number of rotatable bonds is 0. The summed E-state index contributed by atoms with van der Waals surface area (Å²) < 4.78 is 0. The highest BCUT2D eigenvalue weighted by Gasteiger charge is 2.29. The highest BCUT2D eigenvalue weighted by Crippen LogP contribution is 2.28. The zero-order valence-electron chi connectivity index (χ0n) is 6.51. The molecule has 11 heavy (non-hydrogen) atoms. The van der Waals surface area contributed by atoms with Crippen molar-refractivity contribution >= 4 is 18.2 Å². The number of carbonyl (C=O) groups excluding carboxylic acids is 1. The smallest absolute Gasteiger partial charge is 0.133 e. The second-order valence-electron chi connectivity index (χ2n) is 3.57. The summed E-state index contributed by atoms with van der Waals surface area (Å²) >= 11 is 0. The summed E-state index contributed by atoms with van der Waals surface area (Å²) in [5.74, 6) is 1.82. The average molecular weight is 176 g/mol. The lowest BCUT2D eigenvalue weighted by Gasteiger charge is -2.33. The molecule has 2 fully saturated rings. The van der Waals surface area contributed by atoms with E-state index < -0.39 is 0 Å². The Bertz CT molecular complexity index is 146. The van der Waals surface area contributed by atoms with Gasteiger partial charge in [0.2, 0.25) is 0 Å². The van der Waals surface area contributed by atoms with Gasteiger partial charge in [-0.15, -0.1) is 12.4 Å². The van der Waals surface area contributed by atoms with Crippen LogP contribution >= 0.6 is 12.4 Å². The monoisotopic (exact) mass is 175 g/mol. The van der Waals surface area contributed by atoms with Crippen molar-refractivity contribution in [2.45, 2.75) is 19.3 Å². The maximum atomic E-state index is 11.0. The number of Topliss-reactive ketones (excluding diaryl/α,β-unsaturated/α-hetero) is 1. The SMILES string of the molecule is Cl.O=C1CC2CNCC(C1)C2. The third-order valence-electron chi connectivity index (χ3n) is 2.57. The van der Waals surface area contributed by atoms with Crippen LogP contribution in [-0.2, 0) is 4.79 Å². The van der Waals surface area contributed by atoms with Gasteiger partial charge in [-0.25, -0.2) is 0 Å². The van der Waals surface area contributed by atoms with Crippen molar-refractivity contribution in [2.24, 2.45) is 11.8 Å². The van der Waals surface area contributed by atoms with Crippen LogP contribution in [0.15, 0.2) is 0 Å². The van der Waals surface area contributed by atoms with Gasteiger partial charge in [-0.1, -0.05) is 0 Å². The van der Waals surface area contributed by atoms with Crippen molar-refractivity contribution in [3.8, 4) is 0 Å². The number of hydrogen-bond donors (Lipinski definition) is 1. The first-order valence-corrected chi connectivity index (χ1v) is 4.07. The topological polar surface area (TPSA) is 29.1 Å². The molecule has 1 N–H and O–H groups in total. The van der Waals surface area contributed by atoms with Gasteiger partial charge < -0.3 is 5.32 Å². The molecular formula is C8H14ClNO. The fraction of sp³-hybridized carbons (Fsp3) is 0.875. The Balaban J connectivity index is 0.000000605. The van der Waals surface area contributed by atoms with E-state index >= 15 is 0 Å². The van der Waals surface area contributed by atoms with Gasteiger partial charge in [0.1, 0.15) is 5.78 Å². The van der Waals surface area contributed by atoms with Crippen LogP contribution in [0.4, 0.5) is 0 Å². The molecule has 2 bridgehead atoms. The van der Waals surface area contributed by atoms with Crippen molar-refractivity contribution in [3.05, 3.63) is 0 Å². The highest BCUT2D eigenvalue weighted by molar-refractivity contribution is 5.85. The molecular weight excluding hydrogens is 162 g/mol. The van der Waals surface area contributed by atoms with E-state index in [-0.39, 0.29) is 12.4 Å². The van der Waals surface area contributed by atoms with Gasteiger partial charge in [-0.05, 0) is 31.3 Å². The summed E-state index contributed by atoms with van der Waals surface area (Å²) in [6, 6.07) is 0. The Kier molecular flexibility index (Phi) is 2.90. The number of carbonyl (C=O) groups is 1. The standard InChI is InChI=1S/C8H13NO.ClH/c10-8-2-6-1-7(3-8)5-9-4-6;/h6-7,9H,1-5H2;1H. The Morgan fingerprint density at radius 1 is 1.18 bits per heavy atom. The predicted octanol–water partition coefficient (Wildman–Crippen LogP) is 0.997. The molecule has 2 atom stereocenters. The van der Waals surface area contributed by atoms with Crippen LogP contribution < -0.4 is 5.32 Å². The lowest BCUT2D eigenvalue weighted by molar-refractivity contribution is -0.123. The molecule has 1 saturated carbocycles. The Morgan fingerprint density at radius 3 is 2.27 bits per heavy atom. The second-order valence-corrected chi connectivity index (χ2v) is 3.57. The van der Waals surface area contributed by atoms with Crippen LogP contribution in [0.5, 0.6) is 0 Å². The molecule has 1 saturated heterocycles. The predicted molar refractivity (Wildman–Crippen MR) is 46.0 cm³/mol. The molecule has 2 nitrogen and oxygen atoms in total. The van der Waals surface area contributed by atoms with E-state index in [2.05, 4.69) is 5.32 Å². The third-order valence-corrected chi connectivity index (χ3v) is 2.57. The number of hydrogen-bond acceptors (Lipinski definition) is 2. The van der Waals surface area contributed by atoms with Crippen molar-refractivity contribution in [3.63, 3.8) is 0 Å². The number of fused-ring (bicyclic) bond motifs is 2. The second kappa shape index (κ2) is 3.55. The lowest BCUT2D eigenvalue weighted by Crippen LogP contribution is -2.41. The van der Waals surface area contributed by atoms with Crippen molar-refractivity contribution in [2.75, 3.05) is 13.1 Å². The molecule has 1 heterocycles. The molecule has 2 unspecified atom stereocenters. The van der Waals surface area contributed by atoms with E-state index in [9.17, 15) is 4.79 Å². The van der Waals surface area contributed by atoms with E-state index in [0.717, 1.165) is 25.9 Å². The molecule has 0 radical (unpaired) electrons. The minimum Gasteiger partial charge on any atom is -0.316 e. The maximum absolute atomic E-state index is 11.0. The summed E-state index contributed by atoms with van der Waals surface area (Å²) in [7, 11) is 0. The van der Waals surface area contributed by atoms with Gasteiger partial charge in [0.25, 0.3) is 0 Å².